The average Bonchev–Trinajstić information content (AvgIpc) is 2.72. The van der Waals surface area contributed by atoms with Crippen molar-refractivity contribution in [2.75, 3.05) is 24.7 Å². The lowest BCUT2D eigenvalue weighted by Gasteiger charge is -2.21. The second-order valence-electron chi connectivity index (χ2n) is 7.05. The number of carbonyl (C=O) groups is 2. The summed E-state index contributed by atoms with van der Waals surface area (Å²) in [6.07, 6.45) is 0.0892. The van der Waals surface area contributed by atoms with Crippen LogP contribution < -0.4 is 9.64 Å². The van der Waals surface area contributed by atoms with E-state index < -0.39 is 24.3 Å². The first-order valence-electron chi connectivity index (χ1n) is 9.63. The van der Waals surface area contributed by atoms with E-state index in [9.17, 15) is 14.0 Å². The maximum absolute atomic E-state index is 13.1. The van der Waals surface area contributed by atoms with Gasteiger partial charge in [0.15, 0.2) is 13.2 Å². The van der Waals surface area contributed by atoms with E-state index in [-0.39, 0.29) is 19.6 Å². The molecule has 6 nitrogen and oxygen atoms in total. The molecule has 30 heavy (non-hydrogen) atoms. The number of anilines is 1. The van der Waals surface area contributed by atoms with Crippen molar-refractivity contribution < 1.29 is 23.5 Å². The van der Waals surface area contributed by atoms with Gasteiger partial charge in [-0.05, 0) is 60.4 Å². The number of carbonyl (C=O) groups excluding carboxylic acids is 2. The summed E-state index contributed by atoms with van der Waals surface area (Å²) < 4.78 is 23.6. The number of aryl methyl sites for hydroxylation is 1. The molecule has 0 bridgehead atoms. The van der Waals surface area contributed by atoms with Crippen LogP contribution in [0.2, 0.25) is 0 Å². The zero-order valence-electron chi connectivity index (χ0n) is 17.4. The number of benzene rings is 2. The van der Waals surface area contributed by atoms with E-state index in [1.165, 1.54) is 34.7 Å². The summed E-state index contributed by atoms with van der Waals surface area (Å²) in [5, 5.41) is 8.80. The first kappa shape index (κ1) is 22.9. The monoisotopic (exact) mass is 412 g/mol. The summed E-state index contributed by atoms with van der Waals surface area (Å²) in [5.74, 6) is -0.704. The molecule has 0 unspecified atom stereocenters. The molecule has 7 heteroatoms. The van der Waals surface area contributed by atoms with Gasteiger partial charge in [0.05, 0.1) is 12.5 Å². The van der Waals surface area contributed by atoms with Gasteiger partial charge in [-0.25, -0.2) is 9.18 Å². The highest BCUT2D eigenvalue weighted by molar-refractivity contribution is 5.95. The lowest BCUT2D eigenvalue weighted by atomic mass is 9.98. The molecule has 2 aromatic carbocycles. The third-order valence-electron chi connectivity index (χ3n) is 4.46. The fraction of sp³-hybridized carbons (Fsp3) is 0.348. The fourth-order valence-electron chi connectivity index (χ4n) is 2.97. The van der Waals surface area contributed by atoms with Gasteiger partial charge < -0.3 is 14.4 Å². The third kappa shape index (κ3) is 6.59. The van der Waals surface area contributed by atoms with E-state index in [2.05, 4.69) is 13.8 Å². The molecule has 2 aromatic rings. The number of esters is 1. The third-order valence-corrected chi connectivity index (χ3v) is 4.46. The van der Waals surface area contributed by atoms with Gasteiger partial charge in [0, 0.05) is 12.2 Å². The van der Waals surface area contributed by atoms with E-state index in [4.69, 9.17) is 14.7 Å². The predicted molar refractivity (Wildman–Crippen MR) is 111 cm³/mol. The number of rotatable bonds is 9. The van der Waals surface area contributed by atoms with Crippen molar-refractivity contribution in [3.63, 3.8) is 0 Å². The van der Waals surface area contributed by atoms with Gasteiger partial charge in [0.1, 0.15) is 11.6 Å². The van der Waals surface area contributed by atoms with Crippen LogP contribution in [0.1, 0.15) is 37.3 Å². The Labute approximate surface area is 175 Å². The molecule has 0 aliphatic rings. The Hall–Kier alpha value is -3.40. The van der Waals surface area contributed by atoms with Crippen LogP contribution in [0.25, 0.3) is 0 Å². The quantitative estimate of drug-likeness (QED) is 0.579. The molecule has 0 aromatic heterocycles. The maximum Gasteiger partial charge on any atom is 0.344 e. The number of hydrogen-bond acceptors (Lipinski definition) is 5. The van der Waals surface area contributed by atoms with Crippen LogP contribution in [0, 0.1) is 24.1 Å². The highest BCUT2D eigenvalue weighted by Gasteiger charge is 2.18. The molecular formula is C23H25FN2O4. The van der Waals surface area contributed by atoms with E-state index in [0.717, 1.165) is 5.56 Å². The molecule has 0 saturated heterocycles. The number of nitrogens with zero attached hydrogens (tertiary/aromatic N) is 2. The number of ether oxygens (including phenoxy) is 2. The molecule has 1 amide bonds. The number of halogens is 1. The minimum Gasteiger partial charge on any atom is -0.482 e. The van der Waals surface area contributed by atoms with Crippen LogP contribution in [-0.4, -0.2) is 31.6 Å². The molecule has 2 rings (SSSR count). The highest BCUT2D eigenvalue weighted by Crippen LogP contribution is 2.23. The minimum atomic E-state index is -0.687. The van der Waals surface area contributed by atoms with E-state index >= 15 is 0 Å². The van der Waals surface area contributed by atoms with Gasteiger partial charge in [0.2, 0.25) is 0 Å². The number of nitriles is 1. The van der Waals surface area contributed by atoms with E-state index in [1.807, 2.05) is 25.1 Å². The second kappa shape index (κ2) is 11.0. The molecule has 0 heterocycles. The van der Waals surface area contributed by atoms with Crippen LogP contribution in [0.5, 0.6) is 5.75 Å². The Kier molecular flexibility index (Phi) is 8.36. The van der Waals surface area contributed by atoms with Crippen LogP contribution in [0.4, 0.5) is 10.1 Å². The zero-order valence-corrected chi connectivity index (χ0v) is 17.4. The molecular weight excluding hydrogens is 387 g/mol. The Balaban J connectivity index is 1.90. The Morgan fingerprint density at radius 3 is 2.43 bits per heavy atom. The maximum atomic E-state index is 13.1. The van der Waals surface area contributed by atoms with Crippen molar-refractivity contribution in [2.24, 2.45) is 0 Å². The minimum absolute atomic E-state index is 0.0892. The molecule has 0 fully saturated rings. The first-order chi connectivity index (χ1) is 14.3. The van der Waals surface area contributed by atoms with Crippen LogP contribution in [0.15, 0.2) is 42.5 Å². The Bertz CT molecular complexity index is 920. The summed E-state index contributed by atoms with van der Waals surface area (Å²) in [6, 6.07) is 12.9. The molecule has 0 aliphatic heterocycles. The van der Waals surface area contributed by atoms with Gasteiger partial charge in [-0.3, -0.25) is 4.79 Å². The van der Waals surface area contributed by atoms with Crippen molar-refractivity contribution in [2.45, 2.75) is 33.1 Å². The molecule has 0 N–H and O–H groups in total. The van der Waals surface area contributed by atoms with Gasteiger partial charge in [-0.1, -0.05) is 19.9 Å². The molecule has 0 saturated carbocycles. The van der Waals surface area contributed by atoms with Crippen LogP contribution in [-0.2, 0) is 14.3 Å². The fourth-order valence-corrected chi connectivity index (χ4v) is 2.97. The molecule has 158 valence electrons. The van der Waals surface area contributed by atoms with E-state index in [0.29, 0.717) is 17.4 Å². The zero-order chi connectivity index (χ0) is 22.1. The molecule has 0 aliphatic carbocycles. The largest absolute Gasteiger partial charge is 0.482 e. The topological polar surface area (TPSA) is 79.6 Å². The van der Waals surface area contributed by atoms with Crippen LogP contribution in [0.3, 0.4) is 0 Å². The second-order valence-corrected chi connectivity index (χ2v) is 7.05. The SMILES string of the molecule is Cc1cc(OCC(=O)OCC(=O)N(CCC#N)c2ccc(F)cc2)ccc1C(C)C. The van der Waals surface area contributed by atoms with Crippen LogP contribution >= 0.6 is 0 Å². The van der Waals surface area contributed by atoms with Gasteiger partial charge in [-0.2, -0.15) is 5.26 Å². The standard InChI is InChI=1S/C23H25FN2O4/c1-16(2)21-10-9-20(13-17(21)3)29-15-23(28)30-14-22(27)26(12-4-11-25)19-7-5-18(24)6-8-19/h5-10,13,16H,4,12,14-15H2,1-3H3. The summed E-state index contributed by atoms with van der Waals surface area (Å²) in [6.45, 7) is 5.45. The van der Waals surface area contributed by atoms with E-state index in [1.54, 1.807) is 6.07 Å². The van der Waals surface area contributed by atoms with Crippen molar-refractivity contribution in [1.29, 1.82) is 5.26 Å². The summed E-state index contributed by atoms with van der Waals surface area (Å²) >= 11 is 0. The Morgan fingerprint density at radius 1 is 1.13 bits per heavy atom. The molecule has 0 radical (unpaired) electrons. The Morgan fingerprint density at radius 2 is 1.83 bits per heavy atom. The molecule has 0 spiro atoms. The summed E-state index contributed by atoms with van der Waals surface area (Å²) in [7, 11) is 0. The van der Waals surface area contributed by atoms with Gasteiger partial charge in [-0.15, -0.1) is 0 Å². The summed E-state index contributed by atoms with van der Waals surface area (Å²) in [5.41, 5.74) is 2.69. The van der Waals surface area contributed by atoms with Gasteiger partial charge >= 0.3 is 5.97 Å². The van der Waals surface area contributed by atoms with Crippen molar-refractivity contribution in [3.05, 3.63) is 59.4 Å². The lowest BCUT2D eigenvalue weighted by molar-refractivity contribution is -0.149. The highest BCUT2D eigenvalue weighted by atomic mass is 19.1. The number of amides is 1. The van der Waals surface area contributed by atoms with Gasteiger partial charge in [0.25, 0.3) is 5.91 Å². The smallest absolute Gasteiger partial charge is 0.344 e. The van der Waals surface area contributed by atoms with Crippen molar-refractivity contribution >= 4 is 17.6 Å². The lowest BCUT2D eigenvalue weighted by Crippen LogP contribution is -2.36. The predicted octanol–water partition coefficient (Wildman–Crippen LogP) is 4.13. The number of hydrogen-bond donors (Lipinski definition) is 0. The molecule has 0 atom stereocenters. The van der Waals surface area contributed by atoms with Crippen molar-refractivity contribution in [1.82, 2.24) is 0 Å². The normalized spacial score (nSPS) is 10.4. The average molecular weight is 412 g/mol. The summed E-state index contributed by atoms with van der Waals surface area (Å²) in [4.78, 5) is 25.7. The van der Waals surface area contributed by atoms with Crippen molar-refractivity contribution in [3.8, 4) is 11.8 Å². The first-order valence-corrected chi connectivity index (χ1v) is 9.63.